The van der Waals surface area contributed by atoms with Crippen LogP contribution in [0.3, 0.4) is 0 Å². The van der Waals surface area contributed by atoms with Crippen LogP contribution >= 0.6 is 0 Å². The van der Waals surface area contributed by atoms with Gasteiger partial charge in [0, 0.05) is 31.9 Å². The quantitative estimate of drug-likeness (QED) is 0.835. The molecule has 2 fully saturated rings. The third kappa shape index (κ3) is 2.90. The number of carbonyl (C=O) groups is 1. The van der Waals surface area contributed by atoms with E-state index in [1.54, 1.807) is 12.1 Å². The van der Waals surface area contributed by atoms with Crippen LogP contribution in [-0.2, 0) is 4.79 Å². The van der Waals surface area contributed by atoms with Gasteiger partial charge in [-0.2, -0.15) is 5.26 Å². The molecule has 1 N–H and O–H groups in total. The minimum Gasteiger partial charge on any atom is -0.368 e. The zero-order valence-electron chi connectivity index (χ0n) is 14.6. The van der Waals surface area contributed by atoms with Crippen molar-refractivity contribution >= 4 is 17.6 Å². The van der Waals surface area contributed by atoms with Gasteiger partial charge in [0.15, 0.2) is 5.92 Å². The fraction of sp³-hybridized carbons (Fsp3) is 0.526. The van der Waals surface area contributed by atoms with Crippen LogP contribution in [0.25, 0.3) is 0 Å². The van der Waals surface area contributed by atoms with Crippen LogP contribution in [0.4, 0.5) is 10.1 Å². The number of anilines is 1. The van der Waals surface area contributed by atoms with Gasteiger partial charge in [-0.15, -0.1) is 0 Å². The van der Waals surface area contributed by atoms with Crippen molar-refractivity contribution in [2.24, 2.45) is 10.9 Å². The zero-order valence-corrected chi connectivity index (χ0v) is 14.6. The monoisotopic (exact) mass is 355 g/mol. The lowest BCUT2D eigenvalue weighted by molar-refractivity contribution is -0.124. The second kappa shape index (κ2) is 6.60. The Morgan fingerprint density at radius 3 is 2.35 bits per heavy atom. The molecule has 2 heterocycles. The Kier molecular flexibility index (Phi) is 4.27. The van der Waals surface area contributed by atoms with Gasteiger partial charge >= 0.3 is 0 Å². The number of carbonyl (C=O) groups excluding carboxylic acids is 1. The highest BCUT2D eigenvalue weighted by atomic mass is 19.1. The first-order valence-corrected chi connectivity index (χ1v) is 9.17. The number of benzene rings is 1. The van der Waals surface area contributed by atoms with Gasteiger partial charge in [-0.05, 0) is 37.1 Å². The Labute approximate surface area is 152 Å². The molecule has 3 aliphatic rings. The fourth-order valence-electron chi connectivity index (χ4n) is 4.27. The number of nitriles is 1. The average molecular weight is 355 g/mol. The summed E-state index contributed by atoms with van der Waals surface area (Å²) in [6.07, 6.45) is 3.64. The Balaban J connectivity index is 1.49. The van der Waals surface area contributed by atoms with E-state index < -0.39 is 11.5 Å². The van der Waals surface area contributed by atoms with Crippen molar-refractivity contribution in [1.29, 1.82) is 5.26 Å². The van der Waals surface area contributed by atoms with Crippen molar-refractivity contribution in [3.63, 3.8) is 0 Å². The maximum absolute atomic E-state index is 13.1. The van der Waals surface area contributed by atoms with Gasteiger partial charge in [-0.25, -0.2) is 9.38 Å². The summed E-state index contributed by atoms with van der Waals surface area (Å²) >= 11 is 0. The number of rotatable bonds is 1. The van der Waals surface area contributed by atoms with E-state index in [1.165, 1.54) is 12.1 Å². The van der Waals surface area contributed by atoms with Gasteiger partial charge in [0.05, 0.1) is 11.6 Å². The van der Waals surface area contributed by atoms with Crippen molar-refractivity contribution in [1.82, 2.24) is 10.2 Å². The largest absolute Gasteiger partial charge is 0.368 e. The smallest absolute Gasteiger partial charge is 0.246 e. The molecule has 6 nitrogen and oxygen atoms in total. The van der Waals surface area contributed by atoms with Gasteiger partial charge in [-0.1, -0.05) is 12.8 Å². The highest BCUT2D eigenvalue weighted by Gasteiger charge is 2.49. The number of piperazine rings is 1. The summed E-state index contributed by atoms with van der Waals surface area (Å²) in [7, 11) is 0. The maximum Gasteiger partial charge on any atom is 0.246 e. The predicted octanol–water partition coefficient (Wildman–Crippen LogP) is 1.89. The molecule has 2 aliphatic heterocycles. The molecular weight excluding hydrogens is 333 g/mol. The van der Waals surface area contributed by atoms with E-state index in [1.807, 2.05) is 0 Å². The third-order valence-electron chi connectivity index (χ3n) is 5.73. The molecule has 4 rings (SSSR count). The lowest BCUT2D eigenvalue weighted by Gasteiger charge is -2.41. The number of aliphatic imine (C=N–C) groups is 1. The molecular formula is C19H22FN5O. The molecule has 1 amide bonds. The molecule has 136 valence electrons. The first-order chi connectivity index (χ1) is 12.6. The second-order valence-corrected chi connectivity index (χ2v) is 7.25. The van der Waals surface area contributed by atoms with E-state index in [2.05, 4.69) is 21.2 Å². The number of amides is 1. The van der Waals surface area contributed by atoms with E-state index in [4.69, 9.17) is 4.99 Å². The van der Waals surface area contributed by atoms with Gasteiger partial charge in [0.25, 0.3) is 0 Å². The van der Waals surface area contributed by atoms with Gasteiger partial charge in [0.2, 0.25) is 11.9 Å². The summed E-state index contributed by atoms with van der Waals surface area (Å²) < 4.78 is 13.1. The minimum absolute atomic E-state index is 0.222. The fourth-order valence-corrected chi connectivity index (χ4v) is 4.27. The maximum atomic E-state index is 13.1. The lowest BCUT2D eigenvalue weighted by Crippen LogP contribution is -2.59. The number of guanidine groups is 1. The highest BCUT2D eigenvalue weighted by Crippen LogP contribution is 2.41. The molecule has 1 aliphatic carbocycles. The number of hydrogen-bond donors (Lipinski definition) is 1. The minimum atomic E-state index is -0.686. The van der Waals surface area contributed by atoms with Crippen molar-refractivity contribution in [2.75, 3.05) is 31.1 Å². The molecule has 1 aromatic rings. The summed E-state index contributed by atoms with van der Waals surface area (Å²) in [5, 5.41) is 12.3. The Morgan fingerprint density at radius 1 is 1.12 bits per heavy atom. The number of nitrogens with zero attached hydrogens (tertiary/aromatic N) is 4. The van der Waals surface area contributed by atoms with Crippen molar-refractivity contribution in [3.05, 3.63) is 30.1 Å². The van der Waals surface area contributed by atoms with Crippen LogP contribution in [0.5, 0.6) is 0 Å². The van der Waals surface area contributed by atoms with Crippen molar-refractivity contribution in [3.8, 4) is 6.07 Å². The Bertz CT molecular complexity index is 755. The van der Waals surface area contributed by atoms with E-state index in [0.717, 1.165) is 57.5 Å². The van der Waals surface area contributed by atoms with Gasteiger partial charge in [-0.3, -0.25) is 10.1 Å². The molecule has 7 heteroatoms. The first kappa shape index (κ1) is 16.8. The summed E-state index contributed by atoms with van der Waals surface area (Å²) in [6.45, 7) is 3.00. The van der Waals surface area contributed by atoms with Crippen LogP contribution in [0, 0.1) is 23.1 Å². The Morgan fingerprint density at radius 2 is 1.73 bits per heavy atom. The SMILES string of the molecule is N#C[C@@H]1C(=O)NC(N2CCN(c3ccc(F)cc3)CC2)=NC12CCCC2. The van der Waals surface area contributed by atoms with Crippen LogP contribution in [0.2, 0.25) is 0 Å². The standard InChI is InChI=1S/C19H22FN5O/c20-14-3-5-15(6-4-14)24-9-11-25(12-10-24)18-22-17(26)16(13-21)19(23-18)7-1-2-8-19/h3-6,16H,1-2,7-12H2,(H,22,23,26)/t16-/m1/s1. The van der Waals surface area contributed by atoms with E-state index in [-0.39, 0.29) is 11.7 Å². The second-order valence-electron chi connectivity index (χ2n) is 7.25. The predicted molar refractivity (Wildman–Crippen MR) is 96.1 cm³/mol. The highest BCUT2D eigenvalue weighted by molar-refractivity contribution is 6.02. The van der Waals surface area contributed by atoms with Crippen LogP contribution in [0.1, 0.15) is 25.7 Å². The third-order valence-corrected chi connectivity index (χ3v) is 5.73. The number of hydrogen-bond acceptors (Lipinski definition) is 5. The summed E-state index contributed by atoms with van der Waals surface area (Å²) in [6, 6.07) is 8.68. The normalized spacial score (nSPS) is 25.0. The molecule has 1 atom stereocenters. The lowest BCUT2D eigenvalue weighted by atomic mass is 9.82. The zero-order chi connectivity index (χ0) is 18.1. The molecule has 26 heavy (non-hydrogen) atoms. The average Bonchev–Trinajstić information content (AvgIpc) is 3.11. The summed E-state index contributed by atoms with van der Waals surface area (Å²) in [5.41, 5.74) is 0.457. The topological polar surface area (TPSA) is 71.7 Å². The molecule has 0 bridgehead atoms. The van der Waals surface area contributed by atoms with E-state index >= 15 is 0 Å². The first-order valence-electron chi connectivity index (χ1n) is 9.17. The van der Waals surface area contributed by atoms with E-state index in [0.29, 0.717) is 5.96 Å². The Hall–Kier alpha value is -2.62. The summed E-state index contributed by atoms with van der Waals surface area (Å²) in [5.74, 6) is -0.530. The number of nitrogens with one attached hydrogen (secondary N) is 1. The van der Waals surface area contributed by atoms with Crippen LogP contribution in [0.15, 0.2) is 29.3 Å². The van der Waals surface area contributed by atoms with Crippen LogP contribution in [-0.4, -0.2) is 48.5 Å². The molecule has 1 spiro atoms. The van der Waals surface area contributed by atoms with Crippen molar-refractivity contribution in [2.45, 2.75) is 31.2 Å². The van der Waals surface area contributed by atoms with Gasteiger partial charge in [0.1, 0.15) is 5.82 Å². The van der Waals surface area contributed by atoms with Crippen molar-refractivity contribution < 1.29 is 9.18 Å². The summed E-state index contributed by atoms with van der Waals surface area (Å²) in [4.78, 5) is 21.6. The molecule has 1 saturated carbocycles. The molecule has 0 aromatic heterocycles. The molecule has 1 saturated heterocycles. The van der Waals surface area contributed by atoms with Gasteiger partial charge < -0.3 is 9.80 Å². The number of halogens is 1. The molecule has 0 radical (unpaired) electrons. The van der Waals surface area contributed by atoms with Crippen LogP contribution < -0.4 is 10.2 Å². The van der Waals surface area contributed by atoms with E-state index in [9.17, 15) is 14.4 Å². The molecule has 0 unspecified atom stereocenters. The molecule has 1 aromatic carbocycles.